The Kier molecular flexibility index (Phi) is 6.32. The number of nitro benzene ring substituents is 1. The van der Waals surface area contributed by atoms with E-state index in [4.69, 9.17) is 5.73 Å². The number of likely N-dealkylation sites (tertiary alicyclic amines) is 1. The van der Waals surface area contributed by atoms with Crippen molar-refractivity contribution in [3.8, 4) is 0 Å². The molecule has 0 saturated carbocycles. The second-order valence-electron chi connectivity index (χ2n) is 6.62. The van der Waals surface area contributed by atoms with Crippen molar-refractivity contribution < 1.29 is 18.1 Å². The van der Waals surface area contributed by atoms with Crippen LogP contribution in [0, 0.1) is 16.0 Å². The van der Waals surface area contributed by atoms with Gasteiger partial charge < -0.3 is 10.6 Å². The SMILES string of the molecule is CC1CCN(C(=O)CN(C)S(=O)(=O)c2cccc([N+](=O)[O-])c2)C(CN)C1. The maximum atomic E-state index is 12.6. The minimum Gasteiger partial charge on any atom is -0.337 e. The number of carbonyl (C=O) groups excluding carboxylic acids is 1. The van der Waals surface area contributed by atoms with E-state index in [9.17, 15) is 23.3 Å². The molecule has 1 saturated heterocycles. The minimum absolute atomic E-state index is 0.0971. The molecule has 9 nitrogen and oxygen atoms in total. The Balaban J connectivity index is 2.15. The maximum Gasteiger partial charge on any atom is 0.270 e. The summed E-state index contributed by atoms with van der Waals surface area (Å²) in [5.41, 5.74) is 5.44. The van der Waals surface area contributed by atoms with Crippen molar-refractivity contribution in [3.05, 3.63) is 34.4 Å². The Hall–Kier alpha value is -2.04. The van der Waals surface area contributed by atoms with Crippen LogP contribution in [0.1, 0.15) is 19.8 Å². The van der Waals surface area contributed by atoms with E-state index in [2.05, 4.69) is 6.92 Å². The summed E-state index contributed by atoms with van der Waals surface area (Å²) in [4.78, 5) is 24.2. The maximum absolute atomic E-state index is 12.6. The second kappa shape index (κ2) is 8.11. The van der Waals surface area contributed by atoms with E-state index in [-0.39, 0.29) is 29.1 Å². The van der Waals surface area contributed by atoms with Crippen LogP contribution in [-0.2, 0) is 14.8 Å². The Morgan fingerprint density at radius 1 is 1.46 bits per heavy atom. The molecule has 0 spiro atoms. The van der Waals surface area contributed by atoms with Crippen LogP contribution in [0.3, 0.4) is 0 Å². The summed E-state index contributed by atoms with van der Waals surface area (Å²) < 4.78 is 26.2. The zero-order valence-corrected chi connectivity index (χ0v) is 15.7. The molecule has 26 heavy (non-hydrogen) atoms. The van der Waals surface area contributed by atoms with Crippen molar-refractivity contribution in [1.29, 1.82) is 0 Å². The number of non-ortho nitro benzene ring substituents is 1. The quantitative estimate of drug-likeness (QED) is 0.571. The number of hydrogen-bond acceptors (Lipinski definition) is 6. The molecule has 10 heteroatoms. The van der Waals surface area contributed by atoms with Gasteiger partial charge in [0, 0.05) is 38.3 Å². The molecule has 144 valence electrons. The Morgan fingerprint density at radius 2 is 2.15 bits per heavy atom. The highest BCUT2D eigenvalue weighted by atomic mass is 32.2. The van der Waals surface area contributed by atoms with Gasteiger partial charge in [0.15, 0.2) is 0 Å². The van der Waals surface area contributed by atoms with Gasteiger partial charge in [0.25, 0.3) is 5.69 Å². The third-order valence-electron chi connectivity index (χ3n) is 4.66. The van der Waals surface area contributed by atoms with Crippen molar-refractivity contribution in [2.45, 2.75) is 30.7 Å². The van der Waals surface area contributed by atoms with E-state index in [1.54, 1.807) is 4.90 Å². The molecule has 2 atom stereocenters. The molecule has 2 rings (SSSR count). The topological polar surface area (TPSA) is 127 Å². The van der Waals surface area contributed by atoms with Crippen LogP contribution in [-0.4, -0.2) is 61.2 Å². The number of piperidine rings is 1. The van der Waals surface area contributed by atoms with Gasteiger partial charge in [-0.3, -0.25) is 14.9 Å². The highest BCUT2D eigenvalue weighted by molar-refractivity contribution is 7.89. The van der Waals surface area contributed by atoms with Crippen molar-refractivity contribution >= 4 is 21.6 Å². The monoisotopic (exact) mass is 384 g/mol. The molecular formula is C16H24N4O5S. The fraction of sp³-hybridized carbons (Fsp3) is 0.562. The number of nitrogens with two attached hydrogens (primary N) is 1. The molecule has 0 aliphatic carbocycles. The lowest BCUT2D eigenvalue weighted by atomic mass is 9.92. The summed E-state index contributed by atoms with van der Waals surface area (Å²) >= 11 is 0. The normalized spacial score (nSPS) is 21.0. The molecule has 2 unspecified atom stereocenters. The van der Waals surface area contributed by atoms with Crippen LogP contribution in [0.25, 0.3) is 0 Å². The average Bonchev–Trinajstić information content (AvgIpc) is 2.61. The Bertz CT molecular complexity index is 783. The van der Waals surface area contributed by atoms with E-state index in [1.165, 1.54) is 25.2 Å². The minimum atomic E-state index is -4.01. The highest BCUT2D eigenvalue weighted by Crippen LogP contribution is 2.23. The van der Waals surface area contributed by atoms with E-state index in [0.29, 0.717) is 19.0 Å². The zero-order valence-electron chi connectivity index (χ0n) is 14.9. The standard InChI is InChI=1S/C16H24N4O5S/c1-12-6-7-19(14(8-12)10-17)16(21)11-18(2)26(24,25)15-5-3-4-13(9-15)20(22)23/h3-5,9,12,14H,6-8,10-11,17H2,1-2H3. The number of sulfonamides is 1. The third kappa shape index (κ3) is 4.37. The molecule has 0 aromatic heterocycles. The fourth-order valence-electron chi connectivity index (χ4n) is 3.11. The molecule has 1 amide bonds. The molecule has 1 aromatic carbocycles. The fourth-order valence-corrected chi connectivity index (χ4v) is 4.27. The Labute approximate surface area is 153 Å². The number of hydrogen-bond donors (Lipinski definition) is 1. The van der Waals surface area contributed by atoms with Gasteiger partial charge in [-0.25, -0.2) is 8.42 Å². The van der Waals surface area contributed by atoms with Gasteiger partial charge in [-0.15, -0.1) is 0 Å². The van der Waals surface area contributed by atoms with Crippen LogP contribution in [0.5, 0.6) is 0 Å². The molecule has 0 bridgehead atoms. The van der Waals surface area contributed by atoms with Crippen LogP contribution in [0.2, 0.25) is 0 Å². The molecule has 1 fully saturated rings. The lowest BCUT2D eigenvalue weighted by Gasteiger charge is -2.38. The van der Waals surface area contributed by atoms with Gasteiger partial charge in [0.1, 0.15) is 0 Å². The van der Waals surface area contributed by atoms with Gasteiger partial charge in [0.05, 0.1) is 16.4 Å². The number of nitro groups is 1. The van der Waals surface area contributed by atoms with Gasteiger partial charge in [-0.1, -0.05) is 13.0 Å². The predicted molar refractivity (Wildman–Crippen MR) is 95.9 cm³/mol. The number of likely N-dealkylation sites (N-methyl/N-ethyl adjacent to an activating group) is 1. The van der Waals surface area contributed by atoms with Crippen LogP contribution in [0.15, 0.2) is 29.2 Å². The lowest BCUT2D eigenvalue weighted by molar-refractivity contribution is -0.385. The summed E-state index contributed by atoms with van der Waals surface area (Å²) in [6.07, 6.45) is 1.65. The van der Waals surface area contributed by atoms with Crippen molar-refractivity contribution in [1.82, 2.24) is 9.21 Å². The first-order valence-corrected chi connectivity index (χ1v) is 9.81. The Morgan fingerprint density at radius 3 is 2.77 bits per heavy atom. The third-order valence-corrected chi connectivity index (χ3v) is 6.46. The number of rotatable bonds is 6. The average molecular weight is 384 g/mol. The summed E-state index contributed by atoms with van der Waals surface area (Å²) in [5, 5.41) is 10.9. The number of amides is 1. The van der Waals surface area contributed by atoms with E-state index in [1.807, 2.05) is 0 Å². The van der Waals surface area contributed by atoms with Crippen molar-refractivity contribution in [2.24, 2.45) is 11.7 Å². The van der Waals surface area contributed by atoms with Gasteiger partial charge in [-0.2, -0.15) is 4.31 Å². The lowest BCUT2D eigenvalue weighted by Crippen LogP contribution is -2.52. The van der Waals surface area contributed by atoms with E-state index < -0.39 is 14.9 Å². The number of benzene rings is 1. The summed E-state index contributed by atoms with van der Waals surface area (Å²) in [5.74, 6) is 0.155. The number of nitrogens with zero attached hydrogens (tertiary/aromatic N) is 3. The summed E-state index contributed by atoms with van der Waals surface area (Å²) in [6.45, 7) is 2.64. The second-order valence-corrected chi connectivity index (χ2v) is 8.67. The molecule has 1 aliphatic rings. The molecule has 1 heterocycles. The van der Waals surface area contributed by atoms with Crippen molar-refractivity contribution in [3.63, 3.8) is 0 Å². The molecule has 1 aliphatic heterocycles. The van der Waals surface area contributed by atoms with E-state index in [0.717, 1.165) is 23.2 Å². The molecule has 1 aromatic rings. The van der Waals surface area contributed by atoms with Crippen LogP contribution < -0.4 is 5.73 Å². The first kappa shape index (κ1) is 20.3. The predicted octanol–water partition coefficient (Wildman–Crippen LogP) is 0.801. The van der Waals surface area contributed by atoms with Crippen LogP contribution >= 0.6 is 0 Å². The summed E-state index contributed by atoms with van der Waals surface area (Å²) in [6, 6.07) is 4.68. The number of carbonyl (C=O) groups is 1. The first-order chi connectivity index (χ1) is 12.2. The summed E-state index contributed by atoms with van der Waals surface area (Å²) in [7, 11) is -2.73. The molecule has 2 N–H and O–H groups in total. The molecular weight excluding hydrogens is 360 g/mol. The van der Waals surface area contributed by atoms with Gasteiger partial charge >= 0.3 is 0 Å². The van der Waals surface area contributed by atoms with Gasteiger partial charge in [0.2, 0.25) is 15.9 Å². The van der Waals surface area contributed by atoms with E-state index >= 15 is 0 Å². The largest absolute Gasteiger partial charge is 0.337 e. The first-order valence-electron chi connectivity index (χ1n) is 8.37. The highest BCUT2D eigenvalue weighted by Gasteiger charge is 2.32. The van der Waals surface area contributed by atoms with Gasteiger partial charge in [-0.05, 0) is 24.8 Å². The zero-order chi connectivity index (χ0) is 19.5. The van der Waals surface area contributed by atoms with Crippen molar-refractivity contribution in [2.75, 3.05) is 26.7 Å². The smallest absolute Gasteiger partial charge is 0.270 e. The molecule has 0 radical (unpaired) electrons. The van der Waals surface area contributed by atoms with Crippen LogP contribution in [0.4, 0.5) is 5.69 Å².